The van der Waals surface area contributed by atoms with Crippen LogP contribution in [0.5, 0.6) is 0 Å². The van der Waals surface area contributed by atoms with E-state index in [0.29, 0.717) is 30.1 Å². The number of anilines is 1. The van der Waals surface area contributed by atoms with Crippen molar-refractivity contribution < 1.29 is 4.79 Å². The first-order chi connectivity index (χ1) is 16.0. The molecule has 0 saturated heterocycles. The number of nitrogens with zero attached hydrogens (tertiary/aromatic N) is 6. The molecule has 0 aromatic carbocycles. The molecule has 0 bridgehead atoms. The molecule has 4 heterocycles. The molecule has 33 heavy (non-hydrogen) atoms. The summed E-state index contributed by atoms with van der Waals surface area (Å²) in [5.41, 5.74) is 4.70. The van der Waals surface area contributed by atoms with Gasteiger partial charge in [0, 0.05) is 43.2 Å². The molecule has 0 aliphatic heterocycles. The van der Waals surface area contributed by atoms with Crippen molar-refractivity contribution in [1.29, 1.82) is 0 Å². The third-order valence-electron chi connectivity index (χ3n) is 6.70. The van der Waals surface area contributed by atoms with Gasteiger partial charge >= 0.3 is 0 Å². The van der Waals surface area contributed by atoms with Crippen molar-refractivity contribution in [2.75, 3.05) is 11.9 Å². The van der Waals surface area contributed by atoms with Crippen LogP contribution in [0.15, 0.2) is 42.9 Å². The molecular weight excluding hydrogens is 414 g/mol. The monoisotopic (exact) mass is 443 g/mol. The van der Waals surface area contributed by atoms with Gasteiger partial charge in [-0.15, -0.1) is 5.10 Å². The van der Waals surface area contributed by atoms with Crippen LogP contribution in [-0.2, 0) is 4.79 Å². The van der Waals surface area contributed by atoms with Crippen molar-refractivity contribution in [2.45, 2.75) is 46.1 Å². The molecular formula is C25H29N7O. The summed E-state index contributed by atoms with van der Waals surface area (Å²) in [6.45, 7) is 7.11. The SMILES string of the molecule is Cc1c(-c2ccn(C(C)C)n2)cn2nc(-c3ccccn3)nc(NC[C@H]3CC[C@H]3CC=O)c12. The van der Waals surface area contributed by atoms with Gasteiger partial charge in [0.15, 0.2) is 5.82 Å². The molecule has 0 amide bonds. The summed E-state index contributed by atoms with van der Waals surface area (Å²) in [7, 11) is 0. The summed E-state index contributed by atoms with van der Waals surface area (Å²) in [6, 6.07) is 8.07. The Kier molecular flexibility index (Phi) is 5.66. The predicted molar refractivity (Wildman–Crippen MR) is 128 cm³/mol. The first kappa shape index (κ1) is 21.3. The number of aromatic nitrogens is 6. The van der Waals surface area contributed by atoms with Crippen molar-refractivity contribution in [2.24, 2.45) is 11.8 Å². The van der Waals surface area contributed by atoms with Crippen LogP contribution in [0.2, 0.25) is 0 Å². The quantitative estimate of drug-likeness (QED) is 0.401. The van der Waals surface area contributed by atoms with E-state index >= 15 is 0 Å². The Balaban J connectivity index is 1.56. The van der Waals surface area contributed by atoms with E-state index in [1.54, 1.807) is 6.20 Å². The predicted octanol–water partition coefficient (Wildman–Crippen LogP) is 4.57. The topological polar surface area (TPSA) is 90.0 Å². The molecule has 1 aliphatic carbocycles. The number of carbonyl (C=O) groups excluding carboxylic acids is 1. The average Bonchev–Trinajstić information content (AvgIpc) is 3.42. The van der Waals surface area contributed by atoms with Gasteiger partial charge in [-0.2, -0.15) is 5.10 Å². The second-order valence-electron chi connectivity index (χ2n) is 9.12. The van der Waals surface area contributed by atoms with Gasteiger partial charge in [0.2, 0.25) is 5.82 Å². The first-order valence-corrected chi connectivity index (χ1v) is 11.6. The van der Waals surface area contributed by atoms with Gasteiger partial charge in [0.1, 0.15) is 17.5 Å². The maximum Gasteiger partial charge on any atom is 0.200 e. The Bertz CT molecular complexity index is 1270. The summed E-state index contributed by atoms with van der Waals surface area (Å²) in [5.74, 6) is 2.30. The van der Waals surface area contributed by atoms with Gasteiger partial charge in [0.25, 0.3) is 0 Å². The highest BCUT2D eigenvalue weighted by atomic mass is 16.1. The number of rotatable bonds is 8. The summed E-state index contributed by atoms with van der Waals surface area (Å²) in [4.78, 5) is 20.3. The molecule has 1 fully saturated rings. The van der Waals surface area contributed by atoms with Crippen molar-refractivity contribution in [3.8, 4) is 22.8 Å². The zero-order valence-electron chi connectivity index (χ0n) is 19.3. The summed E-state index contributed by atoms with van der Waals surface area (Å²) in [5, 5.41) is 13.1. The number of nitrogens with one attached hydrogen (secondary N) is 1. The fraction of sp³-hybridized carbons (Fsp3) is 0.400. The molecule has 0 radical (unpaired) electrons. The molecule has 0 unspecified atom stereocenters. The number of hydrogen-bond donors (Lipinski definition) is 1. The van der Waals surface area contributed by atoms with Gasteiger partial charge in [-0.1, -0.05) is 6.07 Å². The summed E-state index contributed by atoms with van der Waals surface area (Å²) >= 11 is 0. The van der Waals surface area contributed by atoms with Gasteiger partial charge in [-0.25, -0.2) is 9.50 Å². The molecule has 1 N–H and O–H groups in total. The summed E-state index contributed by atoms with van der Waals surface area (Å²) in [6.07, 6.45) is 9.72. The minimum atomic E-state index is 0.297. The molecule has 8 heteroatoms. The number of fused-ring (bicyclic) bond motifs is 1. The molecule has 0 spiro atoms. The van der Waals surface area contributed by atoms with Crippen molar-refractivity contribution >= 4 is 17.6 Å². The molecule has 4 aromatic heterocycles. The van der Waals surface area contributed by atoms with Gasteiger partial charge in [0.05, 0.1) is 5.69 Å². The van der Waals surface area contributed by atoms with E-state index in [2.05, 4.69) is 31.1 Å². The zero-order chi connectivity index (χ0) is 22.9. The van der Waals surface area contributed by atoms with Crippen LogP contribution in [0.25, 0.3) is 28.3 Å². The average molecular weight is 444 g/mol. The lowest BCUT2D eigenvalue weighted by molar-refractivity contribution is -0.109. The number of pyridine rings is 1. The minimum Gasteiger partial charge on any atom is -0.368 e. The Morgan fingerprint density at radius 2 is 2.00 bits per heavy atom. The van der Waals surface area contributed by atoms with E-state index in [9.17, 15) is 4.79 Å². The lowest BCUT2D eigenvalue weighted by Gasteiger charge is -2.35. The highest BCUT2D eigenvalue weighted by Gasteiger charge is 2.30. The van der Waals surface area contributed by atoms with E-state index < -0.39 is 0 Å². The number of aryl methyl sites for hydroxylation is 1. The van der Waals surface area contributed by atoms with E-state index in [1.807, 2.05) is 45.9 Å². The van der Waals surface area contributed by atoms with Crippen LogP contribution in [0.3, 0.4) is 0 Å². The molecule has 4 aromatic rings. The molecule has 1 saturated carbocycles. The Labute approximate surface area is 193 Å². The normalized spacial score (nSPS) is 17.9. The molecule has 8 nitrogen and oxygen atoms in total. The van der Waals surface area contributed by atoms with Crippen molar-refractivity contribution in [3.05, 3.63) is 48.4 Å². The van der Waals surface area contributed by atoms with Crippen LogP contribution in [0, 0.1) is 18.8 Å². The van der Waals surface area contributed by atoms with Gasteiger partial charge < -0.3 is 10.1 Å². The van der Waals surface area contributed by atoms with E-state index in [-0.39, 0.29) is 0 Å². The largest absolute Gasteiger partial charge is 0.368 e. The van der Waals surface area contributed by atoms with Crippen molar-refractivity contribution in [1.82, 2.24) is 29.4 Å². The number of aldehydes is 1. The van der Waals surface area contributed by atoms with Crippen LogP contribution >= 0.6 is 0 Å². The molecule has 170 valence electrons. The molecule has 1 aliphatic rings. The zero-order valence-corrected chi connectivity index (χ0v) is 19.3. The van der Waals surface area contributed by atoms with E-state index in [4.69, 9.17) is 15.2 Å². The standard InChI is InChI=1S/C25H29N7O/c1-16(2)31-12-9-21(29-31)20-15-32-23(17(20)3)25(27-14-19-8-7-18(19)10-13-33)28-24(30-32)22-6-4-5-11-26-22/h4-6,9,11-13,15-16,18-19H,7-8,10,14H2,1-3H3,(H,27,28,30)/t18-,19+/m0/s1. The smallest absolute Gasteiger partial charge is 0.200 e. The van der Waals surface area contributed by atoms with Crippen molar-refractivity contribution in [3.63, 3.8) is 0 Å². The molecule has 5 rings (SSSR count). The van der Waals surface area contributed by atoms with E-state index in [0.717, 1.165) is 59.5 Å². The second kappa shape index (κ2) is 8.77. The maximum absolute atomic E-state index is 11.0. The third-order valence-corrected chi connectivity index (χ3v) is 6.70. The Morgan fingerprint density at radius 3 is 2.67 bits per heavy atom. The fourth-order valence-corrected chi connectivity index (χ4v) is 4.55. The lowest BCUT2D eigenvalue weighted by atomic mass is 9.72. The van der Waals surface area contributed by atoms with Gasteiger partial charge in [-0.3, -0.25) is 9.67 Å². The lowest BCUT2D eigenvalue weighted by Crippen LogP contribution is -2.32. The third kappa shape index (κ3) is 4.01. The Hall–Kier alpha value is -3.55. The highest BCUT2D eigenvalue weighted by Crippen LogP contribution is 2.37. The maximum atomic E-state index is 11.0. The van der Waals surface area contributed by atoms with Crippen LogP contribution in [0.1, 0.15) is 44.7 Å². The molecule has 2 atom stereocenters. The first-order valence-electron chi connectivity index (χ1n) is 11.6. The van der Waals surface area contributed by atoms with Crippen LogP contribution in [-0.4, -0.2) is 42.2 Å². The van der Waals surface area contributed by atoms with E-state index in [1.165, 1.54) is 0 Å². The van der Waals surface area contributed by atoms with Crippen LogP contribution < -0.4 is 5.32 Å². The Morgan fingerprint density at radius 1 is 1.15 bits per heavy atom. The number of carbonyl (C=O) groups is 1. The second-order valence-corrected chi connectivity index (χ2v) is 9.12. The summed E-state index contributed by atoms with van der Waals surface area (Å²) < 4.78 is 3.85. The highest BCUT2D eigenvalue weighted by molar-refractivity contribution is 5.82. The van der Waals surface area contributed by atoms with Gasteiger partial charge in [-0.05, 0) is 69.2 Å². The van der Waals surface area contributed by atoms with Crippen LogP contribution in [0.4, 0.5) is 5.82 Å². The fourth-order valence-electron chi connectivity index (χ4n) is 4.55. The number of hydrogen-bond acceptors (Lipinski definition) is 6. The minimum absolute atomic E-state index is 0.297.